The summed E-state index contributed by atoms with van der Waals surface area (Å²) in [5.41, 5.74) is 3.83. The normalized spacial score (nSPS) is 19.4. The average Bonchev–Trinajstić information content (AvgIpc) is 2.73. The summed E-state index contributed by atoms with van der Waals surface area (Å²) in [5.74, 6) is 0.103. The molecule has 5 nitrogen and oxygen atoms in total. The highest BCUT2D eigenvalue weighted by Gasteiger charge is 2.33. The first-order valence-electron chi connectivity index (χ1n) is 11.2. The third kappa shape index (κ3) is 5.09. The number of benzene rings is 2. The monoisotopic (exact) mass is 421 g/mol. The zero-order valence-corrected chi connectivity index (χ0v) is 19.5. The Morgan fingerprint density at radius 2 is 1.68 bits per heavy atom. The van der Waals surface area contributed by atoms with Crippen LogP contribution in [-0.2, 0) is 9.59 Å². The zero-order chi connectivity index (χ0) is 22.8. The van der Waals surface area contributed by atoms with Crippen LogP contribution in [0.3, 0.4) is 0 Å². The number of nitrogens with one attached hydrogen (secondary N) is 2. The van der Waals surface area contributed by atoms with Crippen molar-refractivity contribution in [3.05, 3.63) is 54.1 Å². The van der Waals surface area contributed by atoms with Gasteiger partial charge in [0, 0.05) is 35.4 Å². The van der Waals surface area contributed by atoms with Crippen molar-refractivity contribution in [3.63, 3.8) is 0 Å². The number of hydrogen-bond acceptors (Lipinski definition) is 3. The molecule has 1 aliphatic heterocycles. The number of fused-ring (bicyclic) bond motifs is 1. The smallest absolute Gasteiger partial charge is 0.227 e. The summed E-state index contributed by atoms with van der Waals surface area (Å²) >= 11 is 0. The van der Waals surface area contributed by atoms with Gasteiger partial charge in [0.15, 0.2) is 0 Å². The molecule has 2 aromatic carbocycles. The number of rotatable bonds is 5. The first kappa shape index (κ1) is 22.9. The Labute approximate surface area is 186 Å². The van der Waals surface area contributed by atoms with Crippen LogP contribution in [-0.4, -0.2) is 17.9 Å². The Kier molecular flexibility index (Phi) is 6.73. The molecule has 0 bridgehead atoms. The minimum Gasteiger partial charge on any atom is -0.378 e. The van der Waals surface area contributed by atoms with Crippen molar-refractivity contribution in [2.75, 3.05) is 15.5 Å². The van der Waals surface area contributed by atoms with Crippen molar-refractivity contribution in [3.8, 4) is 0 Å². The molecule has 0 saturated carbocycles. The van der Waals surface area contributed by atoms with Crippen LogP contribution in [0.5, 0.6) is 0 Å². The van der Waals surface area contributed by atoms with E-state index in [4.69, 9.17) is 0 Å². The lowest BCUT2D eigenvalue weighted by atomic mass is 9.81. The molecular weight excluding hydrogens is 386 g/mol. The van der Waals surface area contributed by atoms with E-state index in [0.29, 0.717) is 6.42 Å². The number of amides is 2. The SMILES string of the molecule is CCC(=O)N1c2ccccc2[C@H](Nc2ccc(NC(=O)C(C)C(C)(C)C)cc2)C[C@@H]1C. The Balaban J connectivity index is 1.74. The van der Waals surface area contributed by atoms with E-state index in [9.17, 15) is 9.59 Å². The fraction of sp³-hybridized carbons (Fsp3) is 0.462. The summed E-state index contributed by atoms with van der Waals surface area (Å²) in [4.78, 5) is 26.9. The molecule has 0 radical (unpaired) electrons. The maximum Gasteiger partial charge on any atom is 0.227 e. The van der Waals surface area contributed by atoms with E-state index in [2.05, 4.69) is 44.4 Å². The van der Waals surface area contributed by atoms with Gasteiger partial charge in [0.2, 0.25) is 11.8 Å². The molecule has 0 saturated heterocycles. The lowest BCUT2D eigenvalue weighted by molar-refractivity contribution is -0.122. The van der Waals surface area contributed by atoms with Gasteiger partial charge in [0.05, 0.1) is 6.04 Å². The predicted octanol–water partition coefficient (Wildman–Crippen LogP) is 6.00. The van der Waals surface area contributed by atoms with Gasteiger partial charge in [-0.3, -0.25) is 9.59 Å². The van der Waals surface area contributed by atoms with Crippen molar-refractivity contribution in [2.24, 2.45) is 11.3 Å². The molecule has 31 heavy (non-hydrogen) atoms. The highest BCUT2D eigenvalue weighted by Crippen LogP contribution is 2.39. The van der Waals surface area contributed by atoms with Crippen LogP contribution in [0.15, 0.2) is 48.5 Å². The first-order chi connectivity index (χ1) is 14.6. The van der Waals surface area contributed by atoms with Gasteiger partial charge >= 0.3 is 0 Å². The predicted molar refractivity (Wildman–Crippen MR) is 128 cm³/mol. The first-order valence-corrected chi connectivity index (χ1v) is 11.2. The molecule has 1 heterocycles. The topological polar surface area (TPSA) is 61.4 Å². The van der Waals surface area contributed by atoms with E-state index in [1.54, 1.807) is 0 Å². The summed E-state index contributed by atoms with van der Waals surface area (Å²) in [6, 6.07) is 16.2. The van der Waals surface area contributed by atoms with Crippen LogP contribution in [0, 0.1) is 11.3 Å². The number of carbonyl (C=O) groups excluding carboxylic acids is 2. The third-order valence-electron chi connectivity index (χ3n) is 6.35. The number of hydrogen-bond donors (Lipinski definition) is 2. The molecule has 0 aromatic heterocycles. The van der Waals surface area contributed by atoms with Crippen molar-refractivity contribution < 1.29 is 9.59 Å². The van der Waals surface area contributed by atoms with E-state index in [1.165, 1.54) is 0 Å². The number of para-hydroxylation sites is 1. The Morgan fingerprint density at radius 3 is 2.29 bits per heavy atom. The molecule has 0 aliphatic carbocycles. The third-order valence-corrected chi connectivity index (χ3v) is 6.35. The molecular formula is C26H35N3O2. The lowest BCUT2D eigenvalue weighted by Crippen LogP contribution is -2.44. The second-order valence-electron chi connectivity index (χ2n) is 9.61. The van der Waals surface area contributed by atoms with E-state index in [-0.39, 0.29) is 35.2 Å². The van der Waals surface area contributed by atoms with Crippen LogP contribution in [0.2, 0.25) is 0 Å². The van der Waals surface area contributed by atoms with Crippen LogP contribution in [0.25, 0.3) is 0 Å². The molecule has 5 heteroatoms. The Hall–Kier alpha value is -2.82. The molecule has 1 unspecified atom stereocenters. The molecule has 0 fully saturated rings. The molecule has 3 rings (SSSR count). The van der Waals surface area contributed by atoms with Gasteiger partial charge in [-0.25, -0.2) is 0 Å². The minimum atomic E-state index is -0.0840. The van der Waals surface area contributed by atoms with Crippen LogP contribution < -0.4 is 15.5 Å². The van der Waals surface area contributed by atoms with E-state index < -0.39 is 0 Å². The summed E-state index contributed by atoms with van der Waals surface area (Å²) < 4.78 is 0. The Morgan fingerprint density at radius 1 is 1.06 bits per heavy atom. The molecule has 166 valence electrons. The van der Waals surface area contributed by atoms with Gasteiger partial charge in [-0.15, -0.1) is 0 Å². The standard InChI is InChI=1S/C26H35N3O2/c1-7-24(30)29-17(2)16-22(21-10-8-9-11-23(21)29)27-19-12-14-20(15-13-19)28-25(31)18(3)26(4,5)6/h8-15,17-18,22,27H,7,16H2,1-6H3,(H,28,31)/t17-,18?,22+/m0/s1. The van der Waals surface area contributed by atoms with Crippen LogP contribution in [0.1, 0.15) is 66.0 Å². The van der Waals surface area contributed by atoms with Gasteiger partial charge in [-0.2, -0.15) is 0 Å². The van der Waals surface area contributed by atoms with Crippen LogP contribution >= 0.6 is 0 Å². The van der Waals surface area contributed by atoms with Gasteiger partial charge in [0.1, 0.15) is 0 Å². The fourth-order valence-electron chi connectivity index (χ4n) is 3.99. The second-order valence-corrected chi connectivity index (χ2v) is 9.61. The maximum absolute atomic E-state index is 12.5. The summed E-state index contributed by atoms with van der Waals surface area (Å²) in [5, 5.41) is 6.64. The van der Waals surface area contributed by atoms with E-state index in [0.717, 1.165) is 29.0 Å². The molecule has 3 atom stereocenters. The molecule has 2 N–H and O–H groups in total. The molecule has 1 aliphatic rings. The zero-order valence-electron chi connectivity index (χ0n) is 19.5. The highest BCUT2D eigenvalue weighted by atomic mass is 16.2. The summed E-state index contributed by atoms with van der Waals surface area (Å²) in [6.07, 6.45) is 1.34. The van der Waals surface area contributed by atoms with Gasteiger partial charge in [-0.1, -0.05) is 52.8 Å². The minimum absolute atomic E-state index is 0.0314. The Bertz CT molecular complexity index is 930. The highest BCUT2D eigenvalue weighted by molar-refractivity contribution is 5.95. The van der Waals surface area contributed by atoms with Crippen LogP contribution in [0.4, 0.5) is 17.1 Å². The van der Waals surface area contributed by atoms with Gasteiger partial charge < -0.3 is 15.5 Å². The summed E-state index contributed by atoms with van der Waals surface area (Å²) in [7, 11) is 0. The van der Waals surface area contributed by atoms with Crippen molar-refractivity contribution in [1.29, 1.82) is 0 Å². The van der Waals surface area contributed by atoms with E-state index in [1.807, 2.05) is 61.2 Å². The van der Waals surface area contributed by atoms with Crippen molar-refractivity contribution in [1.82, 2.24) is 0 Å². The van der Waals surface area contributed by atoms with E-state index >= 15 is 0 Å². The van der Waals surface area contributed by atoms with Gasteiger partial charge in [0.25, 0.3) is 0 Å². The molecule has 2 amide bonds. The number of anilines is 3. The van der Waals surface area contributed by atoms with Crippen molar-refractivity contribution >= 4 is 28.9 Å². The average molecular weight is 422 g/mol. The molecule has 0 spiro atoms. The fourth-order valence-corrected chi connectivity index (χ4v) is 3.99. The quantitative estimate of drug-likeness (QED) is 0.623. The second kappa shape index (κ2) is 9.13. The number of carbonyl (C=O) groups is 2. The van der Waals surface area contributed by atoms with Crippen molar-refractivity contribution in [2.45, 2.75) is 66.5 Å². The largest absolute Gasteiger partial charge is 0.378 e. The number of nitrogens with zero attached hydrogens (tertiary/aromatic N) is 1. The lowest BCUT2D eigenvalue weighted by Gasteiger charge is -2.40. The maximum atomic E-state index is 12.5. The molecule has 2 aromatic rings. The van der Waals surface area contributed by atoms with Gasteiger partial charge in [-0.05, 0) is 54.7 Å². The summed E-state index contributed by atoms with van der Waals surface area (Å²) in [6.45, 7) is 12.2.